The minimum absolute atomic E-state index is 0.787. The van der Waals surface area contributed by atoms with Crippen molar-refractivity contribution in [1.82, 2.24) is 10.6 Å². The molecule has 2 N–H and O–H groups in total. The van der Waals surface area contributed by atoms with Gasteiger partial charge in [0.2, 0.25) is 0 Å². The Morgan fingerprint density at radius 1 is 0.714 bits per heavy atom. The van der Waals surface area contributed by atoms with Crippen molar-refractivity contribution >= 4 is 0 Å². The van der Waals surface area contributed by atoms with E-state index in [-0.39, 0.29) is 0 Å². The molecule has 124 valence electrons. The van der Waals surface area contributed by atoms with Gasteiger partial charge in [0.05, 0.1) is 0 Å². The van der Waals surface area contributed by atoms with Crippen LogP contribution in [-0.4, -0.2) is 25.2 Å². The number of hydrogen-bond donors (Lipinski definition) is 2. The minimum atomic E-state index is 0.787. The molecule has 2 rings (SSSR count). The van der Waals surface area contributed by atoms with Gasteiger partial charge in [0.25, 0.3) is 0 Å². The summed E-state index contributed by atoms with van der Waals surface area (Å²) in [7, 11) is 0. The summed E-state index contributed by atoms with van der Waals surface area (Å²) in [4.78, 5) is 0. The second-order valence-corrected chi connectivity index (χ2v) is 7.88. The van der Waals surface area contributed by atoms with Crippen LogP contribution in [0.5, 0.6) is 0 Å². The molecule has 6 unspecified atom stereocenters. The van der Waals surface area contributed by atoms with Crippen LogP contribution in [0, 0.1) is 23.7 Å². The van der Waals surface area contributed by atoms with Crippen LogP contribution in [0.25, 0.3) is 0 Å². The molecule has 21 heavy (non-hydrogen) atoms. The lowest BCUT2D eigenvalue weighted by Gasteiger charge is -2.39. The molecular formula is C19H38N2. The zero-order valence-corrected chi connectivity index (χ0v) is 14.8. The second kappa shape index (κ2) is 8.53. The summed E-state index contributed by atoms with van der Waals surface area (Å²) in [6.07, 6.45) is 10.2. The predicted molar refractivity (Wildman–Crippen MR) is 92.6 cm³/mol. The fourth-order valence-corrected chi connectivity index (χ4v) is 5.05. The molecule has 0 aromatic heterocycles. The summed E-state index contributed by atoms with van der Waals surface area (Å²) < 4.78 is 0. The smallest absolute Gasteiger partial charge is 0.00927 e. The maximum atomic E-state index is 3.68. The van der Waals surface area contributed by atoms with Crippen LogP contribution < -0.4 is 10.6 Å². The Balaban J connectivity index is 1.74. The maximum Gasteiger partial charge on any atom is 0.00927 e. The van der Waals surface area contributed by atoms with Gasteiger partial charge >= 0.3 is 0 Å². The summed E-state index contributed by atoms with van der Waals surface area (Å²) in [5.74, 6) is 3.75. The zero-order chi connectivity index (χ0) is 15.2. The van der Waals surface area contributed by atoms with E-state index in [4.69, 9.17) is 0 Å². The van der Waals surface area contributed by atoms with Gasteiger partial charge in [-0.05, 0) is 81.7 Å². The third kappa shape index (κ3) is 4.96. The van der Waals surface area contributed by atoms with Gasteiger partial charge in [0.15, 0.2) is 0 Å². The average molecular weight is 295 g/mol. The van der Waals surface area contributed by atoms with E-state index in [1.165, 1.54) is 44.9 Å². The predicted octanol–water partition coefficient (Wildman–Crippen LogP) is 4.21. The minimum Gasteiger partial charge on any atom is -0.314 e. The molecule has 0 heterocycles. The van der Waals surface area contributed by atoms with E-state index in [0.717, 1.165) is 48.8 Å². The molecule has 0 amide bonds. The molecule has 2 aliphatic rings. The normalized spacial score (nSPS) is 41.1. The summed E-state index contributed by atoms with van der Waals surface area (Å²) >= 11 is 0. The van der Waals surface area contributed by atoms with E-state index < -0.39 is 0 Å². The average Bonchev–Trinajstić information content (AvgIpc) is 2.45. The molecule has 2 aliphatic carbocycles. The van der Waals surface area contributed by atoms with E-state index in [1.54, 1.807) is 0 Å². The fourth-order valence-electron chi connectivity index (χ4n) is 5.05. The summed E-state index contributed by atoms with van der Waals surface area (Å²) in [5, 5.41) is 7.35. The highest BCUT2D eigenvalue weighted by Gasteiger charge is 2.32. The van der Waals surface area contributed by atoms with Gasteiger partial charge in [-0.2, -0.15) is 0 Å². The van der Waals surface area contributed by atoms with Gasteiger partial charge in [-0.25, -0.2) is 0 Å². The molecule has 2 fully saturated rings. The van der Waals surface area contributed by atoms with Crippen LogP contribution in [0.15, 0.2) is 0 Å². The van der Waals surface area contributed by atoms with Crippen molar-refractivity contribution < 1.29 is 0 Å². The second-order valence-electron chi connectivity index (χ2n) is 7.88. The van der Waals surface area contributed by atoms with Crippen molar-refractivity contribution in [2.24, 2.45) is 23.7 Å². The fraction of sp³-hybridized carbons (Fsp3) is 1.00. The highest BCUT2D eigenvalue weighted by molar-refractivity contribution is 4.87. The molecule has 0 radical (unpaired) electrons. The first kappa shape index (κ1) is 17.3. The van der Waals surface area contributed by atoms with Crippen LogP contribution in [0.4, 0.5) is 0 Å². The van der Waals surface area contributed by atoms with Crippen molar-refractivity contribution in [3.8, 4) is 0 Å². The van der Waals surface area contributed by atoms with E-state index in [0.29, 0.717) is 0 Å². The van der Waals surface area contributed by atoms with Crippen molar-refractivity contribution in [2.45, 2.75) is 84.7 Å². The Morgan fingerprint density at radius 2 is 1.14 bits per heavy atom. The van der Waals surface area contributed by atoms with Crippen LogP contribution in [0.1, 0.15) is 72.6 Å². The van der Waals surface area contributed by atoms with Crippen molar-refractivity contribution in [1.29, 1.82) is 0 Å². The number of hydrogen-bond acceptors (Lipinski definition) is 2. The Bertz CT molecular complexity index is 263. The highest BCUT2D eigenvalue weighted by Crippen LogP contribution is 2.38. The van der Waals surface area contributed by atoms with Crippen LogP contribution >= 0.6 is 0 Å². The molecular weight excluding hydrogens is 256 g/mol. The molecule has 0 saturated heterocycles. The van der Waals surface area contributed by atoms with Gasteiger partial charge < -0.3 is 10.6 Å². The standard InChI is InChI=1S/C19H38N2/c1-5-20-18-9-7-16(11-14(18)3)13-17-8-10-19(21-6-2)15(4)12-17/h14-21H,5-13H2,1-4H3. The first-order valence-corrected chi connectivity index (χ1v) is 9.60. The first-order chi connectivity index (χ1) is 10.1. The molecule has 2 heteroatoms. The van der Waals surface area contributed by atoms with Gasteiger partial charge in [-0.15, -0.1) is 0 Å². The summed E-state index contributed by atoms with van der Waals surface area (Å²) in [6, 6.07) is 1.57. The summed E-state index contributed by atoms with van der Waals surface area (Å²) in [5.41, 5.74) is 0. The molecule has 0 spiro atoms. The molecule has 2 nitrogen and oxygen atoms in total. The Kier molecular flexibility index (Phi) is 7.01. The molecule has 0 aromatic rings. The van der Waals surface area contributed by atoms with Crippen LogP contribution in [-0.2, 0) is 0 Å². The Labute approximate surface area is 132 Å². The van der Waals surface area contributed by atoms with E-state index in [1.807, 2.05) is 0 Å². The molecule has 0 bridgehead atoms. The summed E-state index contributed by atoms with van der Waals surface area (Å²) in [6.45, 7) is 11.7. The quantitative estimate of drug-likeness (QED) is 0.767. The van der Waals surface area contributed by atoms with E-state index >= 15 is 0 Å². The maximum absolute atomic E-state index is 3.68. The van der Waals surface area contributed by atoms with Crippen molar-refractivity contribution in [3.05, 3.63) is 0 Å². The van der Waals surface area contributed by atoms with Gasteiger partial charge in [0.1, 0.15) is 0 Å². The molecule has 6 atom stereocenters. The van der Waals surface area contributed by atoms with Crippen LogP contribution in [0.3, 0.4) is 0 Å². The number of nitrogens with one attached hydrogen (secondary N) is 2. The molecule has 0 aromatic carbocycles. The monoisotopic (exact) mass is 294 g/mol. The van der Waals surface area contributed by atoms with Gasteiger partial charge in [-0.1, -0.05) is 27.7 Å². The molecule has 2 saturated carbocycles. The number of rotatable bonds is 6. The van der Waals surface area contributed by atoms with Gasteiger partial charge in [-0.3, -0.25) is 0 Å². The van der Waals surface area contributed by atoms with Crippen molar-refractivity contribution in [2.75, 3.05) is 13.1 Å². The first-order valence-electron chi connectivity index (χ1n) is 9.60. The molecule has 0 aliphatic heterocycles. The lowest BCUT2D eigenvalue weighted by molar-refractivity contribution is 0.150. The van der Waals surface area contributed by atoms with E-state index in [2.05, 4.69) is 38.3 Å². The van der Waals surface area contributed by atoms with Crippen molar-refractivity contribution in [3.63, 3.8) is 0 Å². The van der Waals surface area contributed by atoms with E-state index in [9.17, 15) is 0 Å². The SMILES string of the molecule is CCNC1CCC(CC2CCC(NCC)C(C)C2)CC1C. The third-order valence-corrected chi connectivity index (χ3v) is 6.16. The Hall–Kier alpha value is -0.0800. The lowest BCUT2D eigenvalue weighted by Crippen LogP contribution is -2.41. The largest absolute Gasteiger partial charge is 0.314 e. The van der Waals surface area contributed by atoms with Gasteiger partial charge in [0, 0.05) is 12.1 Å². The third-order valence-electron chi connectivity index (χ3n) is 6.16. The Morgan fingerprint density at radius 3 is 1.48 bits per heavy atom. The zero-order valence-electron chi connectivity index (χ0n) is 14.8. The highest BCUT2D eigenvalue weighted by atomic mass is 14.9. The topological polar surface area (TPSA) is 24.1 Å². The lowest BCUT2D eigenvalue weighted by atomic mass is 9.70. The van der Waals surface area contributed by atoms with Crippen LogP contribution in [0.2, 0.25) is 0 Å².